The third-order valence-electron chi connectivity index (χ3n) is 3.25. The molecule has 2 nitrogen and oxygen atoms in total. The fraction of sp³-hybridized carbons (Fsp3) is 0.462. The normalized spacial score (nSPS) is 27.6. The van der Waals surface area contributed by atoms with Gasteiger partial charge in [-0.2, -0.15) is 0 Å². The third kappa shape index (κ3) is 1.82. The molecular weight excluding hydrogens is 207 g/mol. The molecular formula is C13H15FO2. The summed E-state index contributed by atoms with van der Waals surface area (Å²) in [7, 11) is 0. The van der Waals surface area contributed by atoms with Crippen molar-refractivity contribution in [3.05, 3.63) is 35.6 Å². The van der Waals surface area contributed by atoms with Crippen LogP contribution in [0.15, 0.2) is 24.3 Å². The molecule has 0 radical (unpaired) electrons. The van der Waals surface area contributed by atoms with Crippen molar-refractivity contribution in [2.45, 2.75) is 26.2 Å². The van der Waals surface area contributed by atoms with Crippen molar-refractivity contribution in [1.82, 2.24) is 0 Å². The average molecular weight is 222 g/mol. The standard InChI is InChI=1S/C13H15FO2/c1-3-16-12(15)13(2)8-11(13)9-4-6-10(14)7-5-9/h4-7,11H,3,8H2,1-2H3/t11?,13-/m1/s1. The summed E-state index contributed by atoms with van der Waals surface area (Å²) in [5.74, 6) is -0.223. The Bertz CT molecular complexity index is 399. The van der Waals surface area contributed by atoms with Gasteiger partial charge in [-0.3, -0.25) is 4.79 Å². The van der Waals surface area contributed by atoms with Gasteiger partial charge in [0.15, 0.2) is 0 Å². The van der Waals surface area contributed by atoms with Gasteiger partial charge in [-0.25, -0.2) is 4.39 Å². The first-order chi connectivity index (χ1) is 7.58. The molecule has 0 bridgehead atoms. The van der Waals surface area contributed by atoms with Crippen LogP contribution in [0.25, 0.3) is 0 Å². The minimum atomic E-state index is -0.409. The van der Waals surface area contributed by atoms with Gasteiger partial charge >= 0.3 is 5.97 Å². The number of esters is 1. The van der Waals surface area contributed by atoms with Crippen LogP contribution in [0, 0.1) is 11.2 Å². The molecule has 86 valence electrons. The van der Waals surface area contributed by atoms with Crippen LogP contribution < -0.4 is 0 Å². The summed E-state index contributed by atoms with van der Waals surface area (Å²) in [6, 6.07) is 6.34. The Kier molecular flexibility index (Phi) is 2.70. The molecule has 0 N–H and O–H groups in total. The maximum atomic E-state index is 12.8. The molecule has 2 rings (SSSR count). The molecule has 0 aliphatic heterocycles. The van der Waals surface area contributed by atoms with Crippen molar-refractivity contribution in [1.29, 1.82) is 0 Å². The van der Waals surface area contributed by atoms with E-state index in [0.717, 1.165) is 12.0 Å². The van der Waals surface area contributed by atoms with E-state index >= 15 is 0 Å². The molecule has 1 aromatic carbocycles. The molecule has 0 aromatic heterocycles. The molecule has 3 heteroatoms. The minimum absolute atomic E-state index is 0.149. The lowest BCUT2D eigenvalue weighted by atomic mass is 10.0. The Morgan fingerprint density at radius 2 is 2.12 bits per heavy atom. The van der Waals surface area contributed by atoms with Crippen molar-refractivity contribution in [3.8, 4) is 0 Å². The van der Waals surface area contributed by atoms with E-state index in [-0.39, 0.29) is 17.7 Å². The van der Waals surface area contributed by atoms with E-state index in [1.165, 1.54) is 12.1 Å². The highest BCUT2D eigenvalue weighted by atomic mass is 19.1. The molecule has 2 atom stereocenters. The summed E-state index contributed by atoms with van der Waals surface area (Å²) < 4.78 is 17.8. The van der Waals surface area contributed by atoms with Gasteiger partial charge in [0.25, 0.3) is 0 Å². The summed E-state index contributed by atoms with van der Waals surface area (Å²) in [6.07, 6.45) is 0.789. The van der Waals surface area contributed by atoms with E-state index in [9.17, 15) is 9.18 Å². The van der Waals surface area contributed by atoms with Crippen LogP contribution in [0.1, 0.15) is 31.7 Å². The Morgan fingerprint density at radius 1 is 1.50 bits per heavy atom. The van der Waals surface area contributed by atoms with Crippen LogP contribution in [0.5, 0.6) is 0 Å². The molecule has 1 unspecified atom stereocenters. The smallest absolute Gasteiger partial charge is 0.312 e. The first-order valence-corrected chi connectivity index (χ1v) is 5.50. The lowest BCUT2D eigenvalue weighted by Crippen LogP contribution is -2.17. The van der Waals surface area contributed by atoms with Crippen LogP contribution in [-0.2, 0) is 9.53 Å². The van der Waals surface area contributed by atoms with E-state index < -0.39 is 5.41 Å². The number of carbonyl (C=O) groups is 1. The summed E-state index contributed by atoms with van der Waals surface area (Å²) >= 11 is 0. The first kappa shape index (κ1) is 11.1. The van der Waals surface area contributed by atoms with Crippen LogP contribution in [-0.4, -0.2) is 12.6 Å². The SMILES string of the molecule is CCOC(=O)[C@]1(C)CC1c1ccc(F)cc1. The maximum absolute atomic E-state index is 12.8. The zero-order valence-electron chi connectivity index (χ0n) is 9.50. The summed E-state index contributed by atoms with van der Waals surface area (Å²) in [6.45, 7) is 4.11. The fourth-order valence-electron chi connectivity index (χ4n) is 2.07. The van der Waals surface area contributed by atoms with Gasteiger partial charge in [-0.05, 0) is 38.0 Å². The highest BCUT2D eigenvalue weighted by Crippen LogP contribution is 2.59. The zero-order valence-corrected chi connectivity index (χ0v) is 9.50. The van der Waals surface area contributed by atoms with Crippen LogP contribution in [0.4, 0.5) is 4.39 Å². The number of halogens is 1. The molecule has 0 saturated heterocycles. The number of rotatable bonds is 3. The van der Waals surface area contributed by atoms with E-state index in [0.29, 0.717) is 6.61 Å². The van der Waals surface area contributed by atoms with Gasteiger partial charge in [0, 0.05) is 5.92 Å². The van der Waals surface area contributed by atoms with Crippen molar-refractivity contribution in [2.24, 2.45) is 5.41 Å². The van der Waals surface area contributed by atoms with Crippen molar-refractivity contribution in [3.63, 3.8) is 0 Å². The molecule has 1 fully saturated rings. The first-order valence-electron chi connectivity index (χ1n) is 5.50. The molecule has 0 amide bonds. The minimum Gasteiger partial charge on any atom is -0.466 e. The predicted molar refractivity (Wildman–Crippen MR) is 58.5 cm³/mol. The molecule has 0 spiro atoms. The van der Waals surface area contributed by atoms with Gasteiger partial charge < -0.3 is 4.74 Å². The summed E-state index contributed by atoms with van der Waals surface area (Å²) in [5.41, 5.74) is 0.602. The van der Waals surface area contributed by atoms with Crippen molar-refractivity contribution < 1.29 is 13.9 Å². The molecule has 1 aliphatic carbocycles. The highest BCUT2D eigenvalue weighted by molar-refractivity contribution is 5.81. The lowest BCUT2D eigenvalue weighted by Gasteiger charge is -2.10. The number of ether oxygens (including phenoxy) is 1. The lowest BCUT2D eigenvalue weighted by molar-refractivity contribution is -0.149. The topological polar surface area (TPSA) is 26.3 Å². The quantitative estimate of drug-likeness (QED) is 0.735. The number of hydrogen-bond donors (Lipinski definition) is 0. The van der Waals surface area contributed by atoms with Crippen LogP contribution >= 0.6 is 0 Å². The molecule has 1 saturated carbocycles. The van der Waals surface area contributed by atoms with E-state index in [1.54, 1.807) is 19.1 Å². The number of carbonyl (C=O) groups excluding carboxylic acids is 1. The third-order valence-corrected chi connectivity index (χ3v) is 3.25. The van der Waals surface area contributed by atoms with E-state index in [2.05, 4.69) is 0 Å². The maximum Gasteiger partial charge on any atom is 0.312 e. The van der Waals surface area contributed by atoms with Crippen molar-refractivity contribution >= 4 is 5.97 Å². The van der Waals surface area contributed by atoms with Gasteiger partial charge in [-0.1, -0.05) is 12.1 Å². The molecule has 1 aliphatic rings. The molecule has 0 heterocycles. The highest BCUT2D eigenvalue weighted by Gasteiger charge is 2.57. The second-order valence-corrected chi connectivity index (χ2v) is 4.45. The second kappa shape index (κ2) is 3.89. The Morgan fingerprint density at radius 3 is 2.69 bits per heavy atom. The van der Waals surface area contributed by atoms with Gasteiger partial charge in [0.2, 0.25) is 0 Å². The number of benzene rings is 1. The largest absolute Gasteiger partial charge is 0.466 e. The van der Waals surface area contributed by atoms with Gasteiger partial charge in [0.05, 0.1) is 12.0 Å². The molecule has 16 heavy (non-hydrogen) atoms. The Balaban J connectivity index is 2.10. The summed E-state index contributed by atoms with van der Waals surface area (Å²) in [5, 5.41) is 0. The van der Waals surface area contributed by atoms with E-state index in [1.807, 2.05) is 6.92 Å². The predicted octanol–water partition coefficient (Wildman–Crippen LogP) is 2.88. The average Bonchev–Trinajstić information content (AvgIpc) is 2.94. The second-order valence-electron chi connectivity index (χ2n) is 4.45. The van der Waals surface area contributed by atoms with E-state index in [4.69, 9.17) is 4.74 Å². The van der Waals surface area contributed by atoms with Crippen LogP contribution in [0.2, 0.25) is 0 Å². The fourth-order valence-corrected chi connectivity index (χ4v) is 2.07. The number of hydrogen-bond acceptors (Lipinski definition) is 2. The molecule has 1 aromatic rings. The van der Waals surface area contributed by atoms with Crippen molar-refractivity contribution in [2.75, 3.05) is 6.61 Å². The Labute approximate surface area is 94.4 Å². The van der Waals surface area contributed by atoms with Crippen LogP contribution in [0.3, 0.4) is 0 Å². The zero-order chi connectivity index (χ0) is 11.8. The van der Waals surface area contributed by atoms with Gasteiger partial charge in [-0.15, -0.1) is 0 Å². The monoisotopic (exact) mass is 222 g/mol. The Hall–Kier alpha value is -1.38. The summed E-state index contributed by atoms with van der Waals surface area (Å²) in [4.78, 5) is 11.7. The van der Waals surface area contributed by atoms with Gasteiger partial charge in [0.1, 0.15) is 5.82 Å².